The van der Waals surface area contributed by atoms with Crippen molar-refractivity contribution in [3.63, 3.8) is 0 Å². The highest BCUT2D eigenvalue weighted by atomic mass is 79.9. The predicted molar refractivity (Wildman–Crippen MR) is 63.4 cm³/mol. The second-order valence-corrected chi connectivity index (χ2v) is 4.83. The zero-order chi connectivity index (χ0) is 10.5. The van der Waals surface area contributed by atoms with Crippen LogP contribution in [0.3, 0.4) is 0 Å². The summed E-state index contributed by atoms with van der Waals surface area (Å²) >= 11 is 3.60. The Hall–Kier alpha value is -0.630. The Labute approximate surface area is 93.4 Å². The Morgan fingerprint density at radius 3 is 2.43 bits per heavy atom. The van der Waals surface area contributed by atoms with Gasteiger partial charge in [0.2, 0.25) is 0 Å². The van der Waals surface area contributed by atoms with Crippen molar-refractivity contribution in [2.45, 2.75) is 34.1 Å². The molecule has 0 radical (unpaired) electrons. The summed E-state index contributed by atoms with van der Waals surface area (Å²) in [6.45, 7) is 8.61. The Bertz CT molecular complexity index is 444. The molecule has 2 heteroatoms. The molecule has 0 aromatic carbocycles. The van der Waals surface area contributed by atoms with Crippen LogP contribution in [-0.4, -0.2) is 4.98 Å². The Balaban J connectivity index is 2.74. The number of pyridine rings is 1. The van der Waals surface area contributed by atoms with Crippen molar-refractivity contribution in [3.8, 4) is 0 Å². The van der Waals surface area contributed by atoms with E-state index in [1.54, 1.807) is 0 Å². The summed E-state index contributed by atoms with van der Waals surface area (Å²) < 4.78 is 1.16. The van der Waals surface area contributed by atoms with E-state index in [0.717, 1.165) is 16.6 Å². The van der Waals surface area contributed by atoms with Crippen LogP contribution in [0.15, 0.2) is 10.0 Å². The standard InChI is InChI=1S/C12H14BrN/c1-6-5-10-11(7(6)2)8(3)12(13)9(4)14-10/h5H2,1-4H3. The molecule has 0 N–H and O–H groups in total. The molecule has 0 aliphatic heterocycles. The normalized spacial score (nSPS) is 14.9. The lowest BCUT2D eigenvalue weighted by molar-refractivity contribution is 1.02. The molecule has 1 aliphatic carbocycles. The lowest BCUT2D eigenvalue weighted by Crippen LogP contribution is -1.97. The Morgan fingerprint density at radius 2 is 1.79 bits per heavy atom. The van der Waals surface area contributed by atoms with Crippen molar-refractivity contribution >= 4 is 21.5 Å². The van der Waals surface area contributed by atoms with Crippen LogP contribution in [-0.2, 0) is 6.42 Å². The van der Waals surface area contributed by atoms with E-state index in [4.69, 9.17) is 0 Å². The number of aryl methyl sites for hydroxylation is 1. The molecule has 1 nitrogen and oxygen atoms in total. The summed E-state index contributed by atoms with van der Waals surface area (Å²) in [7, 11) is 0. The highest BCUT2D eigenvalue weighted by Crippen LogP contribution is 2.37. The fourth-order valence-electron chi connectivity index (χ4n) is 2.13. The number of halogens is 1. The van der Waals surface area contributed by atoms with Crippen LogP contribution < -0.4 is 0 Å². The number of hydrogen-bond donors (Lipinski definition) is 0. The molecule has 2 rings (SSSR count). The number of fused-ring (bicyclic) bond motifs is 1. The van der Waals surface area contributed by atoms with Crippen molar-refractivity contribution in [1.82, 2.24) is 4.98 Å². The fourth-order valence-corrected chi connectivity index (χ4v) is 2.41. The van der Waals surface area contributed by atoms with Gasteiger partial charge in [0.05, 0.1) is 11.4 Å². The van der Waals surface area contributed by atoms with E-state index < -0.39 is 0 Å². The molecular formula is C12H14BrN. The molecule has 0 fully saturated rings. The van der Waals surface area contributed by atoms with Crippen LogP contribution in [0.4, 0.5) is 0 Å². The van der Waals surface area contributed by atoms with E-state index in [1.165, 1.54) is 28.0 Å². The summed E-state index contributed by atoms with van der Waals surface area (Å²) in [5.74, 6) is 0. The largest absolute Gasteiger partial charge is 0.256 e. The van der Waals surface area contributed by atoms with Crippen molar-refractivity contribution in [3.05, 3.63) is 32.6 Å². The lowest BCUT2D eigenvalue weighted by Gasteiger charge is -2.10. The van der Waals surface area contributed by atoms with E-state index in [-0.39, 0.29) is 0 Å². The van der Waals surface area contributed by atoms with Gasteiger partial charge in [0.25, 0.3) is 0 Å². The van der Waals surface area contributed by atoms with Crippen molar-refractivity contribution in [2.75, 3.05) is 0 Å². The van der Waals surface area contributed by atoms with E-state index >= 15 is 0 Å². The molecule has 1 aromatic rings. The molecule has 0 saturated carbocycles. The van der Waals surface area contributed by atoms with E-state index in [1.807, 2.05) is 0 Å². The average molecular weight is 252 g/mol. The maximum absolute atomic E-state index is 4.63. The van der Waals surface area contributed by atoms with Gasteiger partial charge in [-0.25, -0.2) is 0 Å². The molecule has 0 bridgehead atoms. The van der Waals surface area contributed by atoms with Crippen LogP contribution in [0.5, 0.6) is 0 Å². The Kier molecular flexibility index (Phi) is 2.26. The molecule has 0 unspecified atom stereocenters. The van der Waals surface area contributed by atoms with Gasteiger partial charge in [-0.05, 0) is 54.8 Å². The molecule has 0 spiro atoms. The number of rotatable bonds is 0. The first kappa shape index (κ1) is 9.91. The van der Waals surface area contributed by atoms with Crippen LogP contribution in [0, 0.1) is 13.8 Å². The monoisotopic (exact) mass is 251 g/mol. The number of nitrogens with zero attached hydrogens (tertiary/aromatic N) is 1. The smallest absolute Gasteiger partial charge is 0.0525 e. The molecule has 74 valence electrons. The minimum atomic E-state index is 1.02. The molecule has 0 atom stereocenters. The van der Waals surface area contributed by atoms with Crippen LogP contribution >= 0.6 is 15.9 Å². The first-order valence-electron chi connectivity index (χ1n) is 4.84. The summed E-state index contributed by atoms with van der Waals surface area (Å²) in [5, 5.41) is 0. The van der Waals surface area contributed by atoms with E-state index in [9.17, 15) is 0 Å². The van der Waals surface area contributed by atoms with Gasteiger partial charge >= 0.3 is 0 Å². The first-order valence-corrected chi connectivity index (χ1v) is 5.64. The SMILES string of the molecule is CC1=C(C)c2c(nc(C)c(Br)c2C)C1. The topological polar surface area (TPSA) is 12.9 Å². The van der Waals surface area contributed by atoms with Gasteiger partial charge < -0.3 is 0 Å². The van der Waals surface area contributed by atoms with Crippen LogP contribution in [0.1, 0.15) is 36.4 Å². The zero-order valence-electron chi connectivity index (χ0n) is 9.03. The lowest BCUT2D eigenvalue weighted by atomic mass is 10.0. The molecule has 1 aliphatic rings. The summed E-state index contributed by atoms with van der Waals surface area (Å²) in [4.78, 5) is 4.63. The highest BCUT2D eigenvalue weighted by molar-refractivity contribution is 9.10. The number of aromatic nitrogens is 1. The van der Waals surface area contributed by atoms with Crippen LogP contribution in [0.2, 0.25) is 0 Å². The van der Waals surface area contributed by atoms with Gasteiger partial charge in [0.1, 0.15) is 0 Å². The molecule has 14 heavy (non-hydrogen) atoms. The maximum atomic E-state index is 4.63. The third kappa shape index (κ3) is 1.24. The number of allylic oxidation sites excluding steroid dienone is 2. The van der Waals surface area contributed by atoms with Gasteiger partial charge in [-0.1, -0.05) is 5.57 Å². The molecule has 0 amide bonds. The first-order chi connectivity index (χ1) is 6.52. The highest BCUT2D eigenvalue weighted by Gasteiger charge is 2.21. The fraction of sp³-hybridized carbons (Fsp3) is 0.417. The third-order valence-corrected chi connectivity index (χ3v) is 4.23. The number of hydrogen-bond acceptors (Lipinski definition) is 1. The van der Waals surface area contributed by atoms with Gasteiger partial charge in [0, 0.05) is 16.5 Å². The molecule has 1 heterocycles. The van der Waals surface area contributed by atoms with Crippen molar-refractivity contribution in [1.29, 1.82) is 0 Å². The summed E-state index contributed by atoms with van der Waals surface area (Å²) in [6.07, 6.45) is 1.02. The van der Waals surface area contributed by atoms with Crippen LogP contribution in [0.25, 0.3) is 5.57 Å². The Morgan fingerprint density at radius 1 is 1.14 bits per heavy atom. The van der Waals surface area contributed by atoms with Gasteiger partial charge in [-0.15, -0.1) is 0 Å². The van der Waals surface area contributed by atoms with Crippen molar-refractivity contribution < 1.29 is 0 Å². The van der Waals surface area contributed by atoms with Crippen molar-refractivity contribution in [2.24, 2.45) is 0 Å². The van der Waals surface area contributed by atoms with Gasteiger partial charge in [-0.2, -0.15) is 0 Å². The quantitative estimate of drug-likeness (QED) is 0.684. The molecule has 0 saturated heterocycles. The molecular weight excluding hydrogens is 238 g/mol. The second-order valence-electron chi connectivity index (χ2n) is 4.04. The van der Waals surface area contributed by atoms with Gasteiger partial charge in [-0.3, -0.25) is 4.98 Å². The minimum Gasteiger partial charge on any atom is -0.256 e. The zero-order valence-corrected chi connectivity index (χ0v) is 10.6. The minimum absolute atomic E-state index is 1.02. The second kappa shape index (κ2) is 3.20. The van der Waals surface area contributed by atoms with Gasteiger partial charge in [0.15, 0.2) is 0 Å². The predicted octanol–water partition coefficient (Wildman–Crippen LogP) is 3.81. The summed E-state index contributed by atoms with van der Waals surface area (Å²) in [5.41, 5.74) is 7.91. The maximum Gasteiger partial charge on any atom is 0.0525 e. The third-order valence-electron chi connectivity index (χ3n) is 3.06. The van der Waals surface area contributed by atoms with E-state index in [0.29, 0.717) is 0 Å². The van der Waals surface area contributed by atoms with E-state index in [2.05, 4.69) is 48.6 Å². The molecule has 1 aromatic heterocycles. The summed E-state index contributed by atoms with van der Waals surface area (Å²) in [6, 6.07) is 0. The average Bonchev–Trinajstić information content (AvgIpc) is 2.39.